The Hall–Kier alpha value is -1.36. The molecule has 142 valence electrons. The lowest BCUT2D eigenvalue weighted by molar-refractivity contribution is -0.244. The largest absolute Gasteiger partial charge is 0.460 e. The van der Waals surface area contributed by atoms with Crippen LogP contribution in [0.3, 0.4) is 0 Å². The van der Waals surface area contributed by atoms with Crippen LogP contribution in [0.4, 0.5) is 0 Å². The Labute approximate surface area is 162 Å². The van der Waals surface area contributed by atoms with Crippen LogP contribution in [0.25, 0.3) is 10.9 Å². The van der Waals surface area contributed by atoms with Gasteiger partial charge in [0, 0.05) is 17.6 Å². The highest BCUT2D eigenvalue weighted by Crippen LogP contribution is 2.38. The second-order valence-electron chi connectivity index (χ2n) is 5.99. The second-order valence-corrected chi connectivity index (χ2v) is 7.22. The van der Waals surface area contributed by atoms with E-state index in [1.54, 1.807) is 18.3 Å². The van der Waals surface area contributed by atoms with Crippen molar-refractivity contribution in [3.63, 3.8) is 0 Å². The summed E-state index contributed by atoms with van der Waals surface area (Å²) in [5, 5.41) is 33.3. The molecule has 1 aliphatic heterocycles. The first-order chi connectivity index (χ1) is 12.3. The molecule has 0 radical (unpaired) electrons. The molecule has 10 heteroatoms. The quantitative estimate of drug-likeness (QED) is 0.473. The van der Waals surface area contributed by atoms with Gasteiger partial charge in [-0.25, -0.2) is 0 Å². The molecule has 1 amide bonds. The molecule has 2 aromatic rings. The summed E-state index contributed by atoms with van der Waals surface area (Å²) in [6, 6.07) is 2.55. The number of carbonyl (C=O) groups is 1. The van der Waals surface area contributed by atoms with Gasteiger partial charge in [0.25, 0.3) is 0 Å². The number of benzene rings is 1. The predicted octanol–water partition coefficient (Wildman–Crippen LogP) is 0.906. The van der Waals surface area contributed by atoms with Crippen molar-refractivity contribution in [3.05, 3.63) is 27.8 Å². The van der Waals surface area contributed by atoms with Gasteiger partial charge in [0.05, 0.1) is 22.5 Å². The Bertz CT molecular complexity index is 815. The van der Waals surface area contributed by atoms with Gasteiger partial charge in [-0.2, -0.15) is 0 Å². The van der Waals surface area contributed by atoms with Crippen molar-refractivity contribution in [3.8, 4) is 5.75 Å². The van der Waals surface area contributed by atoms with Crippen LogP contribution in [0, 0.1) is 0 Å². The van der Waals surface area contributed by atoms with Crippen molar-refractivity contribution in [2.45, 2.75) is 37.6 Å². The summed E-state index contributed by atoms with van der Waals surface area (Å²) in [6.45, 7) is 0.749. The maximum atomic E-state index is 11.5. The van der Waals surface area contributed by atoms with Gasteiger partial charge in [-0.1, -0.05) is 11.6 Å². The van der Waals surface area contributed by atoms with E-state index in [0.717, 1.165) is 5.52 Å². The molecule has 2 unspecified atom stereocenters. The number of ether oxygens (including phenoxy) is 2. The molecule has 5 atom stereocenters. The second kappa shape index (κ2) is 7.71. The maximum Gasteiger partial charge on any atom is 0.223 e. The molecule has 0 aliphatic carbocycles. The van der Waals surface area contributed by atoms with E-state index in [1.165, 1.54) is 6.92 Å². The fourth-order valence-electron chi connectivity index (χ4n) is 2.92. The van der Waals surface area contributed by atoms with E-state index in [-0.39, 0.29) is 0 Å². The first-order valence-electron chi connectivity index (χ1n) is 7.84. The number of halogens is 2. The average molecular weight is 450 g/mol. The van der Waals surface area contributed by atoms with E-state index in [4.69, 9.17) is 21.1 Å². The SMILES string of the molecule is CC(=O)NC1[C@H](Oc2c[nH]c3ccc(Br)c(Cl)c23)OC(CO)[C@@H](O)[C@H]1O. The summed E-state index contributed by atoms with van der Waals surface area (Å²) in [4.78, 5) is 14.5. The molecule has 8 nitrogen and oxygen atoms in total. The minimum Gasteiger partial charge on any atom is -0.460 e. The summed E-state index contributed by atoms with van der Waals surface area (Å²) in [5.41, 5.74) is 0.722. The van der Waals surface area contributed by atoms with Crippen molar-refractivity contribution in [2.75, 3.05) is 6.61 Å². The fourth-order valence-corrected chi connectivity index (χ4v) is 3.50. The standard InChI is InChI=1S/C16H18BrClN2O6/c1-6(22)20-13-15(24)14(23)10(5-21)26-16(13)25-9-4-19-8-3-2-7(17)12(18)11(8)9/h2-4,10,13-16,19,21,23-24H,5H2,1H3,(H,20,22)/t10?,13?,14-,15+,16-/m1/s1. The van der Waals surface area contributed by atoms with Crippen LogP contribution >= 0.6 is 27.5 Å². The minimum atomic E-state index is -1.39. The topological polar surface area (TPSA) is 124 Å². The molecule has 1 fully saturated rings. The number of aliphatic hydroxyl groups is 3. The highest BCUT2D eigenvalue weighted by Gasteiger charge is 2.46. The third-order valence-electron chi connectivity index (χ3n) is 4.19. The van der Waals surface area contributed by atoms with Crippen molar-refractivity contribution in [1.29, 1.82) is 0 Å². The van der Waals surface area contributed by atoms with Crippen molar-refractivity contribution in [2.24, 2.45) is 0 Å². The number of fused-ring (bicyclic) bond motifs is 1. The van der Waals surface area contributed by atoms with Gasteiger partial charge in [0.15, 0.2) is 0 Å². The molecule has 0 saturated carbocycles. The number of carbonyl (C=O) groups excluding carboxylic acids is 1. The summed E-state index contributed by atoms with van der Waals surface area (Å²) in [7, 11) is 0. The number of hydrogen-bond donors (Lipinski definition) is 5. The van der Waals surface area contributed by atoms with Crippen LogP contribution in [-0.2, 0) is 9.53 Å². The third-order valence-corrected chi connectivity index (χ3v) is 5.48. The Morgan fingerprint density at radius 1 is 1.42 bits per heavy atom. The number of H-pyrrole nitrogens is 1. The van der Waals surface area contributed by atoms with Crippen LogP contribution in [-0.4, -0.2) is 63.5 Å². The van der Waals surface area contributed by atoms with Crippen LogP contribution in [0.15, 0.2) is 22.8 Å². The number of rotatable bonds is 4. The fraction of sp³-hybridized carbons (Fsp3) is 0.438. The number of aromatic nitrogens is 1. The molecular weight excluding hydrogens is 432 g/mol. The number of nitrogens with one attached hydrogen (secondary N) is 2. The van der Waals surface area contributed by atoms with Crippen LogP contribution in [0.5, 0.6) is 5.75 Å². The van der Waals surface area contributed by atoms with Crippen LogP contribution in [0.1, 0.15) is 6.92 Å². The zero-order chi connectivity index (χ0) is 19.0. The number of aromatic amines is 1. The average Bonchev–Trinajstić information content (AvgIpc) is 3.01. The number of hydrogen-bond acceptors (Lipinski definition) is 6. The predicted molar refractivity (Wildman–Crippen MR) is 97.0 cm³/mol. The van der Waals surface area contributed by atoms with Gasteiger partial charge in [0.2, 0.25) is 12.2 Å². The van der Waals surface area contributed by atoms with Gasteiger partial charge in [-0.05, 0) is 28.1 Å². The van der Waals surface area contributed by atoms with Gasteiger partial charge < -0.3 is 35.1 Å². The van der Waals surface area contributed by atoms with Crippen LogP contribution in [0.2, 0.25) is 5.02 Å². The summed E-state index contributed by atoms with van der Waals surface area (Å²) >= 11 is 9.68. The molecule has 0 bridgehead atoms. The Kier molecular flexibility index (Phi) is 5.75. The molecular formula is C16H18BrClN2O6. The lowest BCUT2D eigenvalue weighted by Crippen LogP contribution is -2.65. The molecule has 1 aromatic heterocycles. The summed E-state index contributed by atoms with van der Waals surface area (Å²) in [6.07, 6.45) is -3.40. The van der Waals surface area contributed by atoms with Crippen molar-refractivity contribution < 1.29 is 29.6 Å². The monoisotopic (exact) mass is 448 g/mol. The van der Waals surface area contributed by atoms with E-state index in [1.807, 2.05) is 0 Å². The minimum absolute atomic E-state index is 0.340. The zero-order valence-corrected chi connectivity index (χ0v) is 16.0. The lowest BCUT2D eigenvalue weighted by atomic mass is 9.97. The van der Waals surface area contributed by atoms with Gasteiger partial charge in [-0.3, -0.25) is 4.79 Å². The lowest BCUT2D eigenvalue weighted by Gasteiger charge is -2.41. The summed E-state index contributed by atoms with van der Waals surface area (Å²) in [5.74, 6) is -0.0902. The van der Waals surface area contributed by atoms with Gasteiger partial charge in [0.1, 0.15) is 30.1 Å². The maximum absolute atomic E-state index is 11.5. The molecule has 1 saturated heterocycles. The van der Waals surface area contributed by atoms with E-state index >= 15 is 0 Å². The highest BCUT2D eigenvalue weighted by molar-refractivity contribution is 9.10. The number of aliphatic hydroxyl groups excluding tert-OH is 3. The summed E-state index contributed by atoms with van der Waals surface area (Å²) < 4.78 is 12.1. The van der Waals surface area contributed by atoms with Crippen molar-refractivity contribution in [1.82, 2.24) is 10.3 Å². The molecule has 1 aliphatic rings. The Morgan fingerprint density at radius 3 is 2.81 bits per heavy atom. The third kappa shape index (κ3) is 3.55. The van der Waals surface area contributed by atoms with Crippen LogP contribution < -0.4 is 10.1 Å². The van der Waals surface area contributed by atoms with E-state index < -0.39 is 43.2 Å². The molecule has 5 N–H and O–H groups in total. The van der Waals surface area contributed by atoms with E-state index in [9.17, 15) is 20.1 Å². The first kappa shape index (κ1) is 19.4. The van der Waals surface area contributed by atoms with Gasteiger partial charge >= 0.3 is 0 Å². The van der Waals surface area contributed by atoms with Gasteiger partial charge in [-0.15, -0.1) is 0 Å². The Morgan fingerprint density at radius 2 is 2.15 bits per heavy atom. The van der Waals surface area contributed by atoms with E-state index in [0.29, 0.717) is 20.6 Å². The molecule has 1 aromatic carbocycles. The smallest absolute Gasteiger partial charge is 0.223 e. The molecule has 0 spiro atoms. The highest BCUT2D eigenvalue weighted by atomic mass is 79.9. The molecule has 2 heterocycles. The van der Waals surface area contributed by atoms with E-state index in [2.05, 4.69) is 26.2 Å². The Balaban J connectivity index is 1.95. The number of amides is 1. The first-order valence-corrected chi connectivity index (χ1v) is 9.02. The van der Waals surface area contributed by atoms with Crippen molar-refractivity contribution >= 4 is 44.3 Å². The zero-order valence-electron chi connectivity index (χ0n) is 13.6. The molecule has 3 rings (SSSR count). The molecule has 26 heavy (non-hydrogen) atoms. The normalized spacial score (nSPS) is 28.9.